The van der Waals surface area contributed by atoms with Crippen molar-refractivity contribution in [3.63, 3.8) is 0 Å². The molecule has 0 saturated heterocycles. The third kappa shape index (κ3) is 11.4. The van der Waals surface area contributed by atoms with Crippen LogP contribution in [0.3, 0.4) is 0 Å². The Balaban J connectivity index is 3.19. The molecule has 0 aromatic heterocycles. The summed E-state index contributed by atoms with van der Waals surface area (Å²) in [6.07, 6.45) is 6.73. The molecule has 0 bridgehead atoms. The topological polar surface area (TPSA) is 32.3 Å². The molecule has 0 aromatic carbocycles. The highest BCUT2D eigenvalue weighted by Crippen LogP contribution is 2.04. The smallest absolute Gasteiger partial charge is 0.220 e. The maximum absolute atomic E-state index is 11.3. The highest BCUT2D eigenvalue weighted by molar-refractivity contribution is 5.75. The van der Waals surface area contributed by atoms with Crippen LogP contribution in [0.25, 0.3) is 0 Å². The zero-order valence-corrected chi connectivity index (χ0v) is 10.5. The molecule has 0 fully saturated rings. The zero-order chi connectivity index (χ0) is 11.5. The predicted octanol–water partition coefficient (Wildman–Crippen LogP) is 2.02. The lowest BCUT2D eigenvalue weighted by Gasteiger charge is -2.10. The first-order valence-corrected chi connectivity index (χ1v) is 6.08. The molecule has 0 spiro atoms. The summed E-state index contributed by atoms with van der Waals surface area (Å²) in [5.41, 5.74) is 0. The van der Waals surface area contributed by atoms with Crippen LogP contribution >= 0.6 is 0 Å². The van der Waals surface area contributed by atoms with Crippen molar-refractivity contribution in [2.45, 2.75) is 45.4 Å². The molecule has 0 aliphatic rings. The summed E-state index contributed by atoms with van der Waals surface area (Å²) >= 11 is 0. The molecule has 1 N–H and O–H groups in total. The lowest BCUT2D eigenvalue weighted by molar-refractivity contribution is -0.121. The third-order valence-corrected chi connectivity index (χ3v) is 2.39. The molecule has 1 amide bonds. The van der Waals surface area contributed by atoms with Crippen LogP contribution in [0.4, 0.5) is 0 Å². The van der Waals surface area contributed by atoms with E-state index < -0.39 is 0 Å². The van der Waals surface area contributed by atoms with Gasteiger partial charge in [0.25, 0.3) is 0 Å². The number of nitrogens with one attached hydrogen (secondary N) is 1. The van der Waals surface area contributed by atoms with Gasteiger partial charge in [0.15, 0.2) is 0 Å². The van der Waals surface area contributed by atoms with E-state index in [1.165, 1.54) is 25.7 Å². The molecule has 0 heterocycles. The lowest BCUT2D eigenvalue weighted by Crippen LogP contribution is -2.31. The highest BCUT2D eigenvalue weighted by atomic mass is 16.1. The second-order valence-electron chi connectivity index (χ2n) is 4.32. The van der Waals surface area contributed by atoms with Crippen LogP contribution in [0, 0.1) is 0 Å². The normalized spacial score (nSPS) is 10.7. The highest BCUT2D eigenvalue weighted by Gasteiger charge is 2.00. The van der Waals surface area contributed by atoms with Gasteiger partial charge in [0.1, 0.15) is 0 Å². The van der Waals surface area contributed by atoms with E-state index in [1.54, 1.807) is 0 Å². The Bertz CT molecular complexity index is 158. The number of nitrogens with zero attached hydrogens (tertiary/aromatic N) is 1. The third-order valence-electron chi connectivity index (χ3n) is 2.39. The predicted molar refractivity (Wildman–Crippen MR) is 64.9 cm³/mol. The fraction of sp³-hybridized carbons (Fsp3) is 0.917. The van der Waals surface area contributed by atoms with Crippen LogP contribution < -0.4 is 5.32 Å². The standard InChI is InChI=1S/C12H26N2O/c1-4-5-6-7-8-9-12(15)13-10-11-14(2)3/h4-11H2,1-3H3,(H,13,15). The second-order valence-corrected chi connectivity index (χ2v) is 4.32. The molecule has 15 heavy (non-hydrogen) atoms. The Morgan fingerprint density at radius 3 is 2.40 bits per heavy atom. The fourth-order valence-corrected chi connectivity index (χ4v) is 1.40. The molecule has 0 aromatic rings. The molecule has 90 valence electrons. The average molecular weight is 214 g/mol. The summed E-state index contributed by atoms with van der Waals surface area (Å²) in [5.74, 6) is 0.202. The number of rotatable bonds is 9. The van der Waals surface area contributed by atoms with Crippen molar-refractivity contribution in [1.82, 2.24) is 10.2 Å². The maximum atomic E-state index is 11.3. The van der Waals surface area contributed by atoms with Crippen molar-refractivity contribution in [2.24, 2.45) is 0 Å². The van der Waals surface area contributed by atoms with Gasteiger partial charge in [0.2, 0.25) is 5.91 Å². The van der Waals surface area contributed by atoms with Gasteiger partial charge in [0.05, 0.1) is 0 Å². The van der Waals surface area contributed by atoms with Gasteiger partial charge in [-0.1, -0.05) is 32.6 Å². The van der Waals surface area contributed by atoms with Crippen LogP contribution in [0.15, 0.2) is 0 Å². The number of amides is 1. The lowest BCUT2D eigenvalue weighted by atomic mass is 10.1. The molecule has 0 aliphatic carbocycles. The Kier molecular flexibility index (Phi) is 9.59. The largest absolute Gasteiger partial charge is 0.355 e. The van der Waals surface area contributed by atoms with Crippen molar-refractivity contribution >= 4 is 5.91 Å². The molecule has 0 radical (unpaired) electrons. The van der Waals surface area contributed by atoms with Crippen molar-refractivity contribution < 1.29 is 4.79 Å². The van der Waals surface area contributed by atoms with E-state index in [9.17, 15) is 4.79 Å². The van der Waals surface area contributed by atoms with Gasteiger partial charge >= 0.3 is 0 Å². The minimum atomic E-state index is 0.202. The number of hydrogen-bond acceptors (Lipinski definition) is 2. The SMILES string of the molecule is CCCCCCCC(=O)NCCN(C)C. The van der Waals surface area contributed by atoms with Crippen LogP contribution in [0.5, 0.6) is 0 Å². The first-order chi connectivity index (χ1) is 7.16. The van der Waals surface area contributed by atoms with E-state index >= 15 is 0 Å². The van der Waals surface area contributed by atoms with Gasteiger partial charge in [-0.15, -0.1) is 0 Å². The summed E-state index contributed by atoms with van der Waals surface area (Å²) in [7, 11) is 4.02. The van der Waals surface area contributed by atoms with E-state index in [-0.39, 0.29) is 5.91 Å². The Labute approximate surface area is 94.2 Å². The number of unbranched alkanes of at least 4 members (excludes halogenated alkanes) is 4. The summed E-state index contributed by atoms with van der Waals surface area (Å²) in [6.45, 7) is 3.89. The molecule has 0 rings (SSSR count). The quantitative estimate of drug-likeness (QED) is 0.596. The van der Waals surface area contributed by atoms with Crippen molar-refractivity contribution in [3.8, 4) is 0 Å². The van der Waals surface area contributed by atoms with Gasteiger partial charge in [0, 0.05) is 19.5 Å². The van der Waals surface area contributed by atoms with Gasteiger partial charge in [-0.2, -0.15) is 0 Å². The minimum Gasteiger partial charge on any atom is -0.355 e. The molecule has 0 saturated carbocycles. The average Bonchev–Trinajstić information content (AvgIpc) is 2.17. The van der Waals surface area contributed by atoms with Crippen LogP contribution in [-0.2, 0) is 4.79 Å². The monoisotopic (exact) mass is 214 g/mol. The molecular formula is C12H26N2O. The van der Waals surface area contributed by atoms with E-state index in [0.29, 0.717) is 6.42 Å². The Morgan fingerprint density at radius 1 is 1.13 bits per heavy atom. The Hall–Kier alpha value is -0.570. The maximum Gasteiger partial charge on any atom is 0.220 e. The second kappa shape index (κ2) is 9.97. The Morgan fingerprint density at radius 2 is 1.80 bits per heavy atom. The van der Waals surface area contributed by atoms with Crippen molar-refractivity contribution in [3.05, 3.63) is 0 Å². The molecule has 0 atom stereocenters. The number of hydrogen-bond donors (Lipinski definition) is 1. The molecule has 3 nitrogen and oxygen atoms in total. The molecule has 3 heteroatoms. The molecular weight excluding hydrogens is 188 g/mol. The van der Waals surface area contributed by atoms with E-state index in [2.05, 4.69) is 17.1 Å². The van der Waals surface area contributed by atoms with Crippen molar-refractivity contribution in [2.75, 3.05) is 27.2 Å². The summed E-state index contributed by atoms with van der Waals surface area (Å²) in [6, 6.07) is 0. The van der Waals surface area contributed by atoms with E-state index in [0.717, 1.165) is 19.5 Å². The van der Waals surface area contributed by atoms with E-state index in [4.69, 9.17) is 0 Å². The van der Waals surface area contributed by atoms with Gasteiger partial charge in [-0.3, -0.25) is 4.79 Å². The van der Waals surface area contributed by atoms with Gasteiger partial charge in [-0.05, 0) is 20.5 Å². The number of carbonyl (C=O) groups is 1. The molecule has 0 aliphatic heterocycles. The number of likely N-dealkylation sites (N-methyl/N-ethyl adjacent to an activating group) is 1. The van der Waals surface area contributed by atoms with Crippen LogP contribution in [0.2, 0.25) is 0 Å². The summed E-state index contributed by atoms with van der Waals surface area (Å²) in [5, 5.41) is 2.92. The fourth-order valence-electron chi connectivity index (χ4n) is 1.40. The zero-order valence-electron chi connectivity index (χ0n) is 10.5. The van der Waals surface area contributed by atoms with Gasteiger partial charge in [-0.25, -0.2) is 0 Å². The minimum absolute atomic E-state index is 0.202. The first kappa shape index (κ1) is 14.4. The first-order valence-electron chi connectivity index (χ1n) is 6.08. The number of carbonyl (C=O) groups excluding carboxylic acids is 1. The van der Waals surface area contributed by atoms with Crippen molar-refractivity contribution in [1.29, 1.82) is 0 Å². The summed E-state index contributed by atoms with van der Waals surface area (Å²) in [4.78, 5) is 13.4. The van der Waals surface area contributed by atoms with Crippen LogP contribution in [0.1, 0.15) is 45.4 Å². The van der Waals surface area contributed by atoms with Crippen LogP contribution in [-0.4, -0.2) is 38.0 Å². The molecule has 0 unspecified atom stereocenters. The van der Waals surface area contributed by atoms with Gasteiger partial charge < -0.3 is 10.2 Å². The summed E-state index contributed by atoms with van der Waals surface area (Å²) < 4.78 is 0. The van der Waals surface area contributed by atoms with E-state index in [1.807, 2.05) is 14.1 Å².